The molecule has 3 atom stereocenters. The van der Waals surface area contributed by atoms with Crippen LogP contribution in [0.4, 0.5) is 13.2 Å². The molecule has 2 rings (SSSR count). The highest BCUT2D eigenvalue weighted by atomic mass is 35.5. The molecule has 1 saturated carbocycles. The molecule has 1 aliphatic carbocycles. The summed E-state index contributed by atoms with van der Waals surface area (Å²) in [5.41, 5.74) is 3.69. The first-order valence-electron chi connectivity index (χ1n) is 7.17. The third-order valence-corrected chi connectivity index (χ3v) is 4.54. The Kier molecular flexibility index (Phi) is 5.52. The quantitative estimate of drug-likeness (QED) is 0.648. The molecule has 1 aromatic rings. The summed E-state index contributed by atoms with van der Waals surface area (Å²) in [6.45, 7) is 0. The Morgan fingerprint density at radius 3 is 2.71 bits per heavy atom. The van der Waals surface area contributed by atoms with Gasteiger partial charge in [0.05, 0.1) is 5.92 Å². The van der Waals surface area contributed by atoms with Crippen LogP contribution < -0.4 is 11.3 Å². The molecule has 0 aromatic heterocycles. The van der Waals surface area contributed by atoms with Crippen molar-refractivity contribution < 1.29 is 13.2 Å². The highest BCUT2D eigenvalue weighted by molar-refractivity contribution is 6.30. The fourth-order valence-electron chi connectivity index (χ4n) is 3.17. The fraction of sp³-hybridized carbons (Fsp3) is 0.600. The van der Waals surface area contributed by atoms with E-state index in [4.69, 9.17) is 17.4 Å². The lowest BCUT2D eigenvalue weighted by atomic mass is 9.76. The predicted octanol–water partition coefficient (Wildman–Crippen LogP) is 4.08. The number of nitrogens with two attached hydrogens (primary N) is 1. The summed E-state index contributed by atoms with van der Waals surface area (Å²) in [4.78, 5) is 0. The van der Waals surface area contributed by atoms with E-state index in [1.165, 1.54) is 0 Å². The van der Waals surface area contributed by atoms with Gasteiger partial charge in [-0.1, -0.05) is 30.2 Å². The minimum Gasteiger partial charge on any atom is -0.271 e. The zero-order valence-electron chi connectivity index (χ0n) is 11.7. The Labute approximate surface area is 127 Å². The number of rotatable bonds is 4. The Hall–Kier alpha value is -0.780. The smallest absolute Gasteiger partial charge is 0.271 e. The molecule has 0 aliphatic heterocycles. The Morgan fingerprint density at radius 1 is 1.33 bits per heavy atom. The minimum absolute atomic E-state index is 0.0608. The van der Waals surface area contributed by atoms with Gasteiger partial charge in [0.15, 0.2) is 0 Å². The molecule has 0 amide bonds. The van der Waals surface area contributed by atoms with Crippen LogP contribution in [0, 0.1) is 11.8 Å². The number of nitrogens with one attached hydrogen (secondary N) is 1. The van der Waals surface area contributed by atoms with Gasteiger partial charge in [0.2, 0.25) is 0 Å². The van der Waals surface area contributed by atoms with Crippen LogP contribution in [0.25, 0.3) is 0 Å². The highest BCUT2D eigenvalue weighted by Gasteiger charge is 2.43. The summed E-state index contributed by atoms with van der Waals surface area (Å²) in [5, 5.41) is 0.625. The molecule has 0 heterocycles. The van der Waals surface area contributed by atoms with Crippen molar-refractivity contribution in [3.05, 3.63) is 34.9 Å². The summed E-state index contributed by atoms with van der Waals surface area (Å²) < 4.78 is 38.7. The van der Waals surface area contributed by atoms with Crippen LogP contribution in [0.1, 0.15) is 31.2 Å². The molecule has 1 fully saturated rings. The molecule has 21 heavy (non-hydrogen) atoms. The predicted molar refractivity (Wildman–Crippen MR) is 77.8 cm³/mol. The average Bonchev–Trinajstić information content (AvgIpc) is 2.44. The van der Waals surface area contributed by atoms with E-state index < -0.39 is 12.1 Å². The van der Waals surface area contributed by atoms with Crippen LogP contribution >= 0.6 is 11.6 Å². The lowest BCUT2D eigenvalue weighted by molar-refractivity contribution is -0.186. The molecule has 1 aromatic carbocycles. The van der Waals surface area contributed by atoms with Crippen LogP contribution in [-0.4, -0.2) is 12.2 Å². The van der Waals surface area contributed by atoms with E-state index in [-0.39, 0.29) is 24.8 Å². The van der Waals surface area contributed by atoms with Gasteiger partial charge in [-0.05, 0) is 49.3 Å². The van der Waals surface area contributed by atoms with Gasteiger partial charge in [-0.3, -0.25) is 11.3 Å². The molecule has 118 valence electrons. The van der Waals surface area contributed by atoms with Crippen molar-refractivity contribution in [2.45, 2.75) is 44.3 Å². The van der Waals surface area contributed by atoms with Gasteiger partial charge in [-0.25, -0.2) is 0 Å². The van der Waals surface area contributed by atoms with Gasteiger partial charge >= 0.3 is 6.18 Å². The van der Waals surface area contributed by atoms with E-state index in [1.807, 2.05) is 18.2 Å². The fourth-order valence-corrected chi connectivity index (χ4v) is 3.38. The summed E-state index contributed by atoms with van der Waals surface area (Å²) >= 11 is 5.94. The van der Waals surface area contributed by atoms with E-state index >= 15 is 0 Å². The zero-order valence-corrected chi connectivity index (χ0v) is 12.4. The van der Waals surface area contributed by atoms with E-state index in [9.17, 15) is 13.2 Å². The molecular weight excluding hydrogens is 301 g/mol. The van der Waals surface area contributed by atoms with Crippen molar-refractivity contribution in [3.63, 3.8) is 0 Å². The van der Waals surface area contributed by atoms with Crippen LogP contribution in [0.15, 0.2) is 24.3 Å². The van der Waals surface area contributed by atoms with E-state index in [0.29, 0.717) is 17.9 Å². The second-order valence-corrected chi connectivity index (χ2v) is 6.21. The molecule has 1 aliphatic rings. The normalized spacial score (nSPS) is 24.8. The number of hydrogen-bond acceptors (Lipinski definition) is 2. The molecule has 0 saturated heterocycles. The van der Waals surface area contributed by atoms with Gasteiger partial charge < -0.3 is 0 Å². The molecule has 6 heteroatoms. The SMILES string of the molecule is NNC(Cc1cccc(Cl)c1)C1CCCC(C(F)(F)F)C1. The average molecular weight is 321 g/mol. The Bertz CT molecular complexity index is 464. The van der Waals surface area contributed by atoms with Crippen LogP contribution in [-0.2, 0) is 6.42 Å². The molecule has 3 unspecified atom stereocenters. The Balaban J connectivity index is 2.03. The van der Waals surface area contributed by atoms with Crippen molar-refractivity contribution in [3.8, 4) is 0 Å². The number of alkyl halides is 3. The summed E-state index contributed by atoms with van der Waals surface area (Å²) in [6.07, 6.45) is -1.75. The van der Waals surface area contributed by atoms with Crippen molar-refractivity contribution >= 4 is 11.6 Å². The maximum absolute atomic E-state index is 12.9. The van der Waals surface area contributed by atoms with Gasteiger partial charge in [-0.15, -0.1) is 0 Å². The van der Waals surface area contributed by atoms with Crippen molar-refractivity contribution in [2.24, 2.45) is 17.7 Å². The van der Waals surface area contributed by atoms with Gasteiger partial charge in [0.25, 0.3) is 0 Å². The number of benzene rings is 1. The number of halogens is 4. The molecule has 3 N–H and O–H groups in total. The molecule has 0 radical (unpaired) electrons. The lowest BCUT2D eigenvalue weighted by Crippen LogP contribution is -2.45. The summed E-state index contributed by atoms with van der Waals surface area (Å²) in [5.74, 6) is 4.32. The van der Waals surface area contributed by atoms with Crippen molar-refractivity contribution in [2.75, 3.05) is 0 Å². The topological polar surface area (TPSA) is 38.0 Å². The van der Waals surface area contributed by atoms with E-state index in [1.54, 1.807) is 6.07 Å². The lowest BCUT2D eigenvalue weighted by Gasteiger charge is -2.35. The Morgan fingerprint density at radius 2 is 2.10 bits per heavy atom. The molecule has 0 bridgehead atoms. The van der Waals surface area contributed by atoms with Gasteiger partial charge in [0, 0.05) is 11.1 Å². The summed E-state index contributed by atoms with van der Waals surface area (Å²) in [7, 11) is 0. The third kappa shape index (κ3) is 4.59. The third-order valence-electron chi connectivity index (χ3n) is 4.31. The summed E-state index contributed by atoms with van der Waals surface area (Å²) in [6, 6.07) is 7.20. The maximum atomic E-state index is 12.9. The van der Waals surface area contributed by atoms with Crippen molar-refractivity contribution in [1.82, 2.24) is 5.43 Å². The first-order valence-corrected chi connectivity index (χ1v) is 7.55. The van der Waals surface area contributed by atoms with Gasteiger partial charge in [0.1, 0.15) is 0 Å². The van der Waals surface area contributed by atoms with Crippen LogP contribution in [0.2, 0.25) is 5.02 Å². The first kappa shape index (κ1) is 16.6. The zero-order chi connectivity index (χ0) is 15.5. The van der Waals surface area contributed by atoms with E-state index in [0.717, 1.165) is 12.0 Å². The largest absolute Gasteiger partial charge is 0.391 e. The minimum atomic E-state index is -4.10. The molecule has 2 nitrogen and oxygen atoms in total. The second-order valence-electron chi connectivity index (χ2n) is 5.77. The molecular formula is C15H20ClF3N2. The van der Waals surface area contributed by atoms with Crippen LogP contribution in [0.5, 0.6) is 0 Å². The van der Waals surface area contributed by atoms with Gasteiger partial charge in [-0.2, -0.15) is 13.2 Å². The van der Waals surface area contributed by atoms with Crippen LogP contribution in [0.3, 0.4) is 0 Å². The number of hydrazine groups is 1. The number of hydrogen-bond donors (Lipinski definition) is 2. The molecule has 0 spiro atoms. The monoisotopic (exact) mass is 320 g/mol. The standard InChI is InChI=1S/C15H20ClF3N2/c16-13-6-1-3-10(7-13)8-14(21-20)11-4-2-5-12(9-11)15(17,18)19/h1,3,6-7,11-12,14,21H,2,4-5,8-9,20H2. The first-order chi connectivity index (χ1) is 9.90. The van der Waals surface area contributed by atoms with E-state index in [2.05, 4.69) is 5.43 Å². The highest BCUT2D eigenvalue weighted by Crippen LogP contribution is 2.41. The maximum Gasteiger partial charge on any atom is 0.391 e. The van der Waals surface area contributed by atoms with Crippen molar-refractivity contribution in [1.29, 1.82) is 0 Å². The second kappa shape index (κ2) is 6.99.